The summed E-state index contributed by atoms with van der Waals surface area (Å²) in [6, 6.07) is 26.2. The molecule has 0 bridgehead atoms. The molecule has 0 aliphatic rings. The van der Waals surface area contributed by atoms with Crippen LogP contribution in [-0.4, -0.2) is 13.3 Å². The van der Waals surface area contributed by atoms with Gasteiger partial charge < -0.3 is 9.47 Å². The van der Waals surface area contributed by atoms with Crippen LogP contribution in [0.3, 0.4) is 0 Å². The lowest BCUT2D eigenvalue weighted by Crippen LogP contribution is -1.95. The fraction of sp³-hybridized carbons (Fsp3) is 0.174. The summed E-state index contributed by atoms with van der Waals surface area (Å²) in [7, 11) is 1.67. The molecule has 0 radical (unpaired) electrons. The summed E-state index contributed by atoms with van der Waals surface area (Å²) >= 11 is 0. The topological polar surface area (TPSA) is 30.8 Å². The summed E-state index contributed by atoms with van der Waals surface area (Å²) in [5, 5.41) is 0. The van der Waals surface area contributed by atoms with Gasteiger partial charge in [0.2, 0.25) is 0 Å². The molecule has 0 aliphatic heterocycles. The van der Waals surface area contributed by atoms with Crippen molar-refractivity contribution in [2.24, 2.45) is 4.99 Å². The smallest absolute Gasteiger partial charge is 0.119 e. The van der Waals surface area contributed by atoms with Crippen molar-refractivity contribution in [3.63, 3.8) is 0 Å². The van der Waals surface area contributed by atoms with Crippen LogP contribution in [-0.2, 0) is 6.61 Å². The van der Waals surface area contributed by atoms with Gasteiger partial charge in [-0.2, -0.15) is 0 Å². The van der Waals surface area contributed by atoms with Gasteiger partial charge in [0.05, 0.1) is 13.2 Å². The first-order chi connectivity index (χ1) is 12.7. The number of rotatable bonds is 7. The molecule has 132 valence electrons. The van der Waals surface area contributed by atoms with Gasteiger partial charge in [-0.15, -0.1) is 0 Å². The molecule has 0 aliphatic carbocycles. The predicted molar refractivity (Wildman–Crippen MR) is 106 cm³/mol. The van der Waals surface area contributed by atoms with Crippen molar-refractivity contribution in [2.75, 3.05) is 7.11 Å². The van der Waals surface area contributed by atoms with Crippen LogP contribution in [0.1, 0.15) is 29.7 Å². The van der Waals surface area contributed by atoms with Crippen molar-refractivity contribution in [3.05, 3.63) is 95.6 Å². The number of hydrogen-bond acceptors (Lipinski definition) is 3. The molecule has 0 heterocycles. The Morgan fingerprint density at radius 3 is 2.15 bits per heavy atom. The Labute approximate surface area is 154 Å². The Balaban J connectivity index is 1.56. The van der Waals surface area contributed by atoms with Crippen molar-refractivity contribution in [1.82, 2.24) is 0 Å². The SMILES string of the molecule is COc1ccc(C(C)N=Cc2ccc(OCc3ccccc3)cc2)cc1. The van der Waals surface area contributed by atoms with Gasteiger partial charge in [-0.3, -0.25) is 4.99 Å². The second-order valence-electron chi connectivity index (χ2n) is 6.07. The molecule has 3 aromatic rings. The second-order valence-corrected chi connectivity index (χ2v) is 6.07. The molecule has 0 N–H and O–H groups in total. The van der Waals surface area contributed by atoms with E-state index in [1.165, 1.54) is 0 Å². The Hall–Kier alpha value is -3.07. The van der Waals surface area contributed by atoms with E-state index in [0.717, 1.165) is 28.2 Å². The molecular formula is C23H23NO2. The van der Waals surface area contributed by atoms with Crippen LogP contribution >= 0.6 is 0 Å². The minimum absolute atomic E-state index is 0.0925. The van der Waals surface area contributed by atoms with E-state index in [1.54, 1.807) is 7.11 Å². The highest BCUT2D eigenvalue weighted by molar-refractivity contribution is 5.80. The quantitative estimate of drug-likeness (QED) is 0.533. The molecule has 0 aromatic heterocycles. The van der Waals surface area contributed by atoms with Crippen LogP contribution in [0.4, 0.5) is 0 Å². The van der Waals surface area contributed by atoms with Crippen molar-refractivity contribution in [3.8, 4) is 11.5 Å². The van der Waals surface area contributed by atoms with Crippen LogP contribution in [0.5, 0.6) is 11.5 Å². The van der Waals surface area contributed by atoms with Gasteiger partial charge in [-0.1, -0.05) is 42.5 Å². The molecule has 3 rings (SSSR count). The van der Waals surface area contributed by atoms with Gasteiger partial charge >= 0.3 is 0 Å². The van der Waals surface area contributed by atoms with E-state index >= 15 is 0 Å². The summed E-state index contributed by atoms with van der Waals surface area (Å²) in [6.45, 7) is 2.65. The third-order valence-corrected chi connectivity index (χ3v) is 4.17. The van der Waals surface area contributed by atoms with E-state index in [1.807, 2.05) is 72.9 Å². The Kier molecular flexibility index (Phi) is 6.05. The third-order valence-electron chi connectivity index (χ3n) is 4.17. The molecule has 1 atom stereocenters. The summed E-state index contributed by atoms with van der Waals surface area (Å²) in [6.07, 6.45) is 1.90. The third kappa shape index (κ3) is 4.96. The lowest BCUT2D eigenvalue weighted by atomic mass is 10.1. The molecule has 0 saturated carbocycles. The molecule has 3 aromatic carbocycles. The minimum atomic E-state index is 0.0925. The number of benzene rings is 3. The lowest BCUT2D eigenvalue weighted by molar-refractivity contribution is 0.306. The maximum absolute atomic E-state index is 5.81. The van der Waals surface area contributed by atoms with Gasteiger partial charge in [0, 0.05) is 6.21 Å². The van der Waals surface area contributed by atoms with E-state index in [-0.39, 0.29) is 6.04 Å². The first-order valence-corrected chi connectivity index (χ1v) is 8.68. The minimum Gasteiger partial charge on any atom is -0.497 e. The predicted octanol–water partition coefficient (Wildman–Crippen LogP) is 5.45. The average molecular weight is 345 g/mol. The fourth-order valence-corrected chi connectivity index (χ4v) is 2.56. The van der Waals surface area contributed by atoms with Gasteiger partial charge in [-0.05, 0) is 60.0 Å². The Morgan fingerprint density at radius 2 is 1.50 bits per heavy atom. The van der Waals surface area contributed by atoms with Crippen LogP contribution < -0.4 is 9.47 Å². The Bertz CT molecular complexity index is 824. The van der Waals surface area contributed by atoms with Crippen LogP contribution in [0.15, 0.2) is 83.9 Å². The summed E-state index contributed by atoms with van der Waals surface area (Å²) < 4.78 is 11.0. The van der Waals surface area contributed by atoms with Gasteiger partial charge in [0.1, 0.15) is 18.1 Å². The standard InChI is InChI=1S/C23H23NO2/c1-18(21-10-14-22(25-2)15-11-21)24-16-19-8-12-23(13-9-19)26-17-20-6-4-3-5-7-20/h3-16,18H,17H2,1-2H3. The van der Waals surface area contributed by atoms with Crippen LogP contribution in [0.2, 0.25) is 0 Å². The number of ether oxygens (including phenoxy) is 2. The fourth-order valence-electron chi connectivity index (χ4n) is 2.56. The first-order valence-electron chi connectivity index (χ1n) is 8.68. The summed E-state index contributed by atoms with van der Waals surface area (Å²) in [5.74, 6) is 1.71. The average Bonchev–Trinajstić information content (AvgIpc) is 2.72. The van der Waals surface area contributed by atoms with Crippen molar-refractivity contribution in [2.45, 2.75) is 19.6 Å². The lowest BCUT2D eigenvalue weighted by Gasteiger charge is -2.08. The maximum atomic E-state index is 5.81. The van der Waals surface area contributed by atoms with Crippen LogP contribution in [0.25, 0.3) is 0 Å². The molecule has 1 unspecified atom stereocenters. The molecule has 3 heteroatoms. The van der Waals surface area contributed by atoms with E-state index in [0.29, 0.717) is 6.61 Å². The number of aliphatic imine (C=N–C) groups is 1. The summed E-state index contributed by atoms with van der Waals surface area (Å²) in [5.41, 5.74) is 3.37. The van der Waals surface area contributed by atoms with Gasteiger partial charge in [-0.25, -0.2) is 0 Å². The molecule has 0 fully saturated rings. The zero-order chi connectivity index (χ0) is 18.2. The van der Waals surface area contributed by atoms with Crippen LogP contribution in [0, 0.1) is 0 Å². The monoisotopic (exact) mass is 345 g/mol. The van der Waals surface area contributed by atoms with E-state index in [4.69, 9.17) is 9.47 Å². The molecule has 26 heavy (non-hydrogen) atoms. The molecule has 0 amide bonds. The maximum Gasteiger partial charge on any atom is 0.119 e. The number of methoxy groups -OCH3 is 1. The normalized spacial score (nSPS) is 12.1. The largest absolute Gasteiger partial charge is 0.497 e. The molecular weight excluding hydrogens is 322 g/mol. The molecule has 0 spiro atoms. The highest BCUT2D eigenvalue weighted by atomic mass is 16.5. The zero-order valence-electron chi connectivity index (χ0n) is 15.1. The number of nitrogens with zero attached hydrogens (tertiary/aromatic N) is 1. The van der Waals surface area contributed by atoms with Gasteiger partial charge in [0.25, 0.3) is 0 Å². The second kappa shape index (κ2) is 8.86. The van der Waals surface area contributed by atoms with Crippen molar-refractivity contribution >= 4 is 6.21 Å². The van der Waals surface area contributed by atoms with Crippen molar-refractivity contribution in [1.29, 1.82) is 0 Å². The van der Waals surface area contributed by atoms with Crippen molar-refractivity contribution < 1.29 is 9.47 Å². The van der Waals surface area contributed by atoms with Gasteiger partial charge in [0.15, 0.2) is 0 Å². The number of hydrogen-bond donors (Lipinski definition) is 0. The molecule has 3 nitrogen and oxygen atoms in total. The summed E-state index contributed by atoms with van der Waals surface area (Å²) in [4.78, 5) is 4.64. The highest BCUT2D eigenvalue weighted by Crippen LogP contribution is 2.20. The first kappa shape index (κ1) is 17.7. The zero-order valence-corrected chi connectivity index (χ0v) is 15.1. The molecule has 0 saturated heterocycles. The highest BCUT2D eigenvalue weighted by Gasteiger charge is 2.03. The van der Waals surface area contributed by atoms with E-state index < -0.39 is 0 Å². The van der Waals surface area contributed by atoms with E-state index in [2.05, 4.69) is 24.0 Å². The Morgan fingerprint density at radius 1 is 0.846 bits per heavy atom. The van der Waals surface area contributed by atoms with E-state index in [9.17, 15) is 0 Å².